The predicted molar refractivity (Wildman–Crippen MR) is 81.5 cm³/mol. The molecule has 2 saturated heterocycles. The zero-order chi connectivity index (χ0) is 14.5. The second kappa shape index (κ2) is 7.20. The number of piperidine rings is 1. The molecule has 2 aliphatic rings. The van der Waals surface area contributed by atoms with Crippen molar-refractivity contribution >= 4 is 5.91 Å². The summed E-state index contributed by atoms with van der Waals surface area (Å²) >= 11 is 0. The number of carbonyl (C=O) groups excluding carboxylic acids is 1. The fraction of sp³-hybridized carbons (Fsp3) is 0.800. The quantitative estimate of drug-likeness (QED) is 0.744. The highest BCUT2D eigenvalue weighted by Crippen LogP contribution is 2.17. The summed E-state index contributed by atoms with van der Waals surface area (Å²) in [4.78, 5) is 19.0. The van der Waals surface area contributed by atoms with Crippen LogP contribution in [0, 0.1) is 0 Å². The number of rotatable bonds is 4. The number of hydrogen-bond acceptors (Lipinski definition) is 4. The number of nitrogens with zero attached hydrogens (tertiary/aromatic N) is 3. The number of nitrogens with two attached hydrogens (primary N) is 1. The number of piperazine rings is 1. The van der Waals surface area contributed by atoms with Gasteiger partial charge in [0, 0.05) is 32.2 Å². The lowest BCUT2D eigenvalue weighted by Gasteiger charge is -2.42. The van der Waals surface area contributed by atoms with E-state index in [1.807, 2.05) is 4.90 Å². The second-order valence-corrected chi connectivity index (χ2v) is 6.03. The molecule has 0 saturated carbocycles. The topological polar surface area (TPSA) is 52.8 Å². The van der Waals surface area contributed by atoms with Gasteiger partial charge in [-0.1, -0.05) is 6.08 Å². The van der Waals surface area contributed by atoms with Crippen molar-refractivity contribution in [1.29, 1.82) is 0 Å². The molecular weight excluding hydrogens is 252 g/mol. The van der Waals surface area contributed by atoms with E-state index in [1.54, 1.807) is 6.08 Å². The summed E-state index contributed by atoms with van der Waals surface area (Å²) in [6.07, 6.45) is 4.78. The summed E-state index contributed by atoms with van der Waals surface area (Å²) < 4.78 is 0. The monoisotopic (exact) mass is 280 g/mol. The maximum atomic E-state index is 12.1. The van der Waals surface area contributed by atoms with Crippen molar-refractivity contribution in [3.63, 3.8) is 0 Å². The van der Waals surface area contributed by atoms with Gasteiger partial charge in [-0.3, -0.25) is 9.69 Å². The van der Waals surface area contributed by atoms with Gasteiger partial charge in [0.1, 0.15) is 0 Å². The smallest absolute Gasteiger partial charge is 0.239 e. The molecule has 1 amide bonds. The van der Waals surface area contributed by atoms with Gasteiger partial charge in [-0.2, -0.15) is 0 Å². The van der Waals surface area contributed by atoms with E-state index in [0.717, 1.165) is 26.2 Å². The van der Waals surface area contributed by atoms with E-state index in [1.165, 1.54) is 25.9 Å². The molecule has 114 valence electrons. The van der Waals surface area contributed by atoms with Gasteiger partial charge in [0.25, 0.3) is 0 Å². The lowest BCUT2D eigenvalue weighted by atomic mass is 10.0. The molecule has 0 unspecified atom stereocenters. The Balaban J connectivity index is 1.77. The van der Waals surface area contributed by atoms with Crippen LogP contribution in [0.25, 0.3) is 0 Å². The van der Waals surface area contributed by atoms with Gasteiger partial charge >= 0.3 is 0 Å². The molecule has 2 N–H and O–H groups in total. The Bertz CT molecular complexity index is 331. The first kappa shape index (κ1) is 15.5. The van der Waals surface area contributed by atoms with Gasteiger partial charge in [0.2, 0.25) is 5.91 Å². The van der Waals surface area contributed by atoms with Crippen LogP contribution in [0.1, 0.15) is 19.3 Å². The third kappa shape index (κ3) is 3.81. The number of hydrogen-bond donors (Lipinski definition) is 1. The van der Waals surface area contributed by atoms with Crippen LogP contribution in [0.5, 0.6) is 0 Å². The Kier molecular flexibility index (Phi) is 5.57. The fourth-order valence-electron chi connectivity index (χ4n) is 3.18. The summed E-state index contributed by atoms with van der Waals surface area (Å²) in [5, 5.41) is 0. The first-order valence-corrected chi connectivity index (χ1v) is 7.69. The molecule has 0 aromatic heterocycles. The van der Waals surface area contributed by atoms with Crippen LogP contribution in [0.4, 0.5) is 0 Å². The molecule has 2 rings (SSSR count). The molecule has 0 aromatic carbocycles. The maximum absolute atomic E-state index is 12.1. The number of amides is 1. The predicted octanol–water partition coefficient (Wildman–Crippen LogP) is 0.128. The highest BCUT2D eigenvalue weighted by Gasteiger charge is 2.29. The Hall–Kier alpha value is -0.910. The highest BCUT2D eigenvalue weighted by atomic mass is 16.2. The van der Waals surface area contributed by atoms with Crippen LogP contribution >= 0.6 is 0 Å². The maximum Gasteiger partial charge on any atom is 0.239 e. The summed E-state index contributed by atoms with van der Waals surface area (Å²) in [5.41, 5.74) is 5.87. The molecule has 5 heteroatoms. The van der Waals surface area contributed by atoms with Crippen LogP contribution in [-0.2, 0) is 4.79 Å². The first-order valence-electron chi connectivity index (χ1n) is 7.69. The van der Waals surface area contributed by atoms with Crippen molar-refractivity contribution in [1.82, 2.24) is 14.7 Å². The largest absolute Gasteiger partial charge is 0.339 e. The van der Waals surface area contributed by atoms with E-state index in [2.05, 4.69) is 23.4 Å². The van der Waals surface area contributed by atoms with Crippen LogP contribution in [0.15, 0.2) is 12.7 Å². The minimum absolute atomic E-state index is 0.0768. The van der Waals surface area contributed by atoms with Gasteiger partial charge in [0.15, 0.2) is 0 Å². The normalized spacial score (nSPS) is 24.6. The van der Waals surface area contributed by atoms with Gasteiger partial charge in [0.05, 0.1) is 6.04 Å². The van der Waals surface area contributed by atoms with Crippen molar-refractivity contribution in [3.05, 3.63) is 12.7 Å². The number of carbonyl (C=O) groups is 1. The second-order valence-electron chi connectivity index (χ2n) is 6.03. The molecule has 1 atom stereocenters. The molecule has 0 radical (unpaired) electrons. The first-order chi connectivity index (χ1) is 9.61. The molecule has 0 spiro atoms. The fourth-order valence-corrected chi connectivity index (χ4v) is 3.18. The molecule has 2 aliphatic heterocycles. The summed E-state index contributed by atoms with van der Waals surface area (Å²) in [7, 11) is 2.19. The Morgan fingerprint density at radius 3 is 2.40 bits per heavy atom. The van der Waals surface area contributed by atoms with E-state index < -0.39 is 6.04 Å². The summed E-state index contributed by atoms with van der Waals surface area (Å²) in [5.74, 6) is 0.0768. The van der Waals surface area contributed by atoms with Crippen LogP contribution in [-0.4, -0.2) is 79.0 Å². The van der Waals surface area contributed by atoms with Crippen LogP contribution in [0.2, 0.25) is 0 Å². The summed E-state index contributed by atoms with van der Waals surface area (Å²) in [6, 6.07) is 0.285. The molecular formula is C15H28N4O. The minimum Gasteiger partial charge on any atom is -0.339 e. The molecule has 2 heterocycles. The van der Waals surface area contributed by atoms with Gasteiger partial charge in [-0.15, -0.1) is 6.58 Å². The molecule has 0 aliphatic carbocycles. The SMILES string of the molecule is C=CC[C@@H](N)C(=O)N1CCN(C2CCN(C)CC2)CC1. The van der Waals surface area contributed by atoms with E-state index in [-0.39, 0.29) is 5.91 Å². The molecule has 20 heavy (non-hydrogen) atoms. The van der Waals surface area contributed by atoms with Gasteiger partial charge in [-0.05, 0) is 39.4 Å². The molecule has 0 bridgehead atoms. The van der Waals surface area contributed by atoms with Crippen molar-refractivity contribution in [2.75, 3.05) is 46.3 Å². The van der Waals surface area contributed by atoms with Crippen molar-refractivity contribution in [3.8, 4) is 0 Å². The van der Waals surface area contributed by atoms with E-state index in [0.29, 0.717) is 12.5 Å². The average Bonchev–Trinajstić information content (AvgIpc) is 2.48. The van der Waals surface area contributed by atoms with E-state index in [9.17, 15) is 4.79 Å². The van der Waals surface area contributed by atoms with Crippen molar-refractivity contribution in [2.45, 2.75) is 31.3 Å². The minimum atomic E-state index is -0.414. The van der Waals surface area contributed by atoms with Crippen LogP contribution < -0.4 is 5.73 Å². The average molecular weight is 280 g/mol. The zero-order valence-electron chi connectivity index (χ0n) is 12.6. The molecule has 2 fully saturated rings. The molecule has 5 nitrogen and oxygen atoms in total. The molecule has 0 aromatic rings. The van der Waals surface area contributed by atoms with Crippen molar-refractivity contribution in [2.24, 2.45) is 5.73 Å². The standard InChI is InChI=1S/C15H28N4O/c1-3-4-14(16)15(20)19-11-9-18(10-12-19)13-5-7-17(2)8-6-13/h3,13-14H,1,4-12,16H2,2H3/t14-/m1/s1. The number of likely N-dealkylation sites (tertiary alicyclic amines) is 1. The van der Waals surface area contributed by atoms with Crippen LogP contribution in [0.3, 0.4) is 0 Å². The zero-order valence-corrected chi connectivity index (χ0v) is 12.6. The van der Waals surface area contributed by atoms with Gasteiger partial charge < -0.3 is 15.5 Å². The van der Waals surface area contributed by atoms with E-state index >= 15 is 0 Å². The third-order valence-corrected chi connectivity index (χ3v) is 4.57. The Morgan fingerprint density at radius 1 is 1.25 bits per heavy atom. The lowest BCUT2D eigenvalue weighted by molar-refractivity contribution is -0.134. The highest BCUT2D eigenvalue weighted by molar-refractivity contribution is 5.81. The third-order valence-electron chi connectivity index (χ3n) is 4.57. The lowest BCUT2D eigenvalue weighted by Crippen LogP contribution is -2.56. The Morgan fingerprint density at radius 2 is 1.85 bits per heavy atom. The van der Waals surface area contributed by atoms with E-state index in [4.69, 9.17) is 5.73 Å². The summed E-state index contributed by atoms with van der Waals surface area (Å²) in [6.45, 7) is 9.63. The van der Waals surface area contributed by atoms with Crippen molar-refractivity contribution < 1.29 is 4.79 Å². The Labute approximate surface area is 122 Å². The van der Waals surface area contributed by atoms with Gasteiger partial charge in [-0.25, -0.2) is 0 Å².